The van der Waals surface area contributed by atoms with Crippen LogP contribution in [0, 0.1) is 0 Å². The van der Waals surface area contributed by atoms with E-state index >= 15 is 0 Å². The summed E-state index contributed by atoms with van der Waals surface area (Å²) in [5, 5.41) is 5.43. The van der Waals surface area contributed by atoms with Crippen LogP contribution in [0.2, 0.25) is 0 Å². The van der Waals surface area contributed by atoms with Gasteiger partial charge in [-0.15, -0.1) is 0 Å². The number of carbonyl (C=O) groups excluding carboxylic acids is 3. The molecule has 11 heteroatoms. The van der Waals surface area contributed by atoms with Crippen molar-refractivity contribution < 1.29 is 27.5 Å². The lowest BCUT2D eigenvalue weighted by atomic mass is 9.87. The largest absolute Gasteiger partial charge is 0.462 e. The van der Waals surface area contributed by atoms with E-state index in [-0.39, 0.29) is 6.61 Å². The number of nitrogens with two attached hydrogens (primary N) is 1. The van der Waals surface area contributed by atoms with E-state index in [1.54, 1.807) is 19.1 Å². The molecule has 0 fully saturated rings. The summed E-state index contributed by atoms with van der Waals surface area (Å²) >= 11 is 0. The SMILES string of the molecule is CCOC(=O)c1ccc(-c2c(Cc3cnn(Cc4ccccc4)c3)ccc(/C=C/S(=O)(=O)NC(=O)CC(N)=O)c2CC)cc1. The van der Waals surface area contributed by atoms with Crippen molar-refractivity contribution in [1.29, 1.82) is 0 Å². The first-order valence-corrected chi connectivity index (χ1v) is 15.6. The highest BCUT2D eigenvalue weighted by Gasteiger charge is 2.17. The number of benzene rings is 3. The molecular weight excluding hydrogens is 580 g/mol. The molecule has 4 rings (SSSR count). The van der Waals surface area contributed by atoms with Gasteiger partial charge >= 0.3 is 5.97 Å². The molecule has 0 aliphatic heterocycles. The third kappa shape index (κ3) is 8.51. The van der Waals surface area contributed by atoms with Crippen molar-refractivity contribution in [1.82, 2.24) is 14.5 Å². The highest BCUT2D eigenvalue weighted by Crippen LogP contribution is 2.33. The lowest BCUT2D eigenvalue weighted by Gasteiger charge is -2.17. The topological polar surface area (TPSA) is 150 Å². The summed E-state index contributed by atoms with van der Waals surface area (Å²) < 4.78 is 33.9. The maximum atomic E-state index is 12.5. The van der Waals surface area contributed by atoms with Crippen LogP contribution in [-0.4, -0.2) is 42.6 Å². The molecule has 4 aromatic rings. The first-order valence-electron chi connectivity index (χ1n) is 14.1. The van der Waals surface area contributed by atoms with Gasteiger partial charge in [0.1, 0.15) is 6.42 Å². The van der Waals surface area contributed by atoms with Crippen LogP contribution in [0.15, 0.2) is 84.5 Å². The number of primary amides is 1. The van der Waals surface area contributed by atoms with Crippen molar-refractivity contribution in [2.75, 3.05) is 6.61 Å². The highest BCUT2D eigenvalue weighted by atomic mass is 32.2. The molecule has 0 unspecified atom stereocenters. The summed E-state index contributed by atoms with van der Waals surface area (Å²) in [7, 11) is -4.18. The summed E-state index contributed by atoms with van der Waals surface area (Å²) in [6, 6.07) is 20.9. The predicted octanol–water partition coefficient (Wildman–Crippen LogP) is 4.22. The minimum atomic E-state index is -4.18. The molecule has 44 heavy (non-hydrogen) atoms. The molecular formula is C33H34N4O6S. The Kier molecular flexibility index (Phi) is 10.5. The zero-order chi connectivity index (χ0) is 31.7. The summed E-state index contributed by atoms with van der Waals surface area (Å²) in [6.45, 7) is 4.62. The molecule has 0 spiro atoms. The first kappa shape index (κ1) is 31.9. The van der Waals surface area contributed by atoms with Crippen molar-refractivity contribution in [2.24, 2.45) is 5.73 Å². The lowest BCUT2D eigenvalue weighted by molar-refractivity contribution is -0.126. The molecule has 0 bridgehead atoms. The lowest BCUT2D eigenvalue weighted by Crippen LogP contribution is -2.32. The molecule has 3 aromatic carbocycles. The van der Waals surface area contributed by atoms with Crippen LogP contribution in [0.1, 0.15) is 58.4 Å². The number of ether oxygens (including phenoxy) is 1. The number of esters is 1. The normalized spacial score (nSPS) is 11.4. The second-order valence-electron chi connectivity index (χ2n) is 10.0. The Morgan fingerprint density at radius 1 is 0.977 bits per heavy atom. The maximum Gasteiger partial charge on any atom is 0.338 e. The average Bonchev–Trinajstić information content (AvgIpc) is 3.42. The molecule has 0 aliphatic rings. The Morgan fingerprint density at radius 3 is 2.36 bits per heavy atom. The van der Waals surface area contributed by atoms with E-state index in [4.69, 9.17) is 10.5 Å². The van der Waals surface area contributed by atoms with Gasteiger partial charge in [0.05, 0.1) is 30.3 Å². The number of nitrogens with one attached hydrogen (secondary N) is 1. The van der Waals surface area contributed by atoms with Crippen molar-refractivity contribution in [3.05, 3.63) is 118 Å². The second kappa shape index (κ2) is 14.4. The van der Waals surface area contributed by atoms with Crippen LogP contribution in [0.5, 0.6) is 0 Å². The molecule has 2 amide bonds. The fourth-order valence-corrected chi connectivity index (χ4v) is 5.65. The van der Waals surface area contributed by atoms with Crippen LogP contribution < -0.4 is 10.5 Å². The van der Waals surface area contributed by atoms with E-state index in [0.717, 1.165) is 38.8 Å². The van der Waals surface area contributed by atoms with Crippen LogP contribution in [0.25, 0.3) is 17.2 Å². The summed E-state index contributed by atoms with van der Waals surface area (Å²) in [5.41, 5.74) is 11.8. The number of carbonyl (C=O) groups is 3. The number of hydrogen-bond donors (Lipinski definition) is 2. The fourth-order valence-electron chi connectivity index (χ4n) is 4.87. The van der Waals surface area contributed by atoms with Crippen LogP contribution >= 0.6 is 0 Å². The molecule has 1 heterocycles. The number of amides is 2. The van der Waals surface area contributed by atoms with Gasteiger partial charge in [0.15, 0.2) is 0 Å². The number of sulfonamides is 1. The standard InChI is InChI=1S/C33H34N4O6S/c1-3-29-25(16-17-44(41,42)36-31(39)19-30(34)38)10-15-28(32(29)26-11-13-27(14-12-26)33(40)43-4-2)18-24-20-35-37(22-24)21-23-8-6-5-7-9-23/h5-17,20,22H,3-4,18-19,21H2,1-2H3,(H2,34,38)(H,36,39)/b17-16+. The molecule has 0 radical (unpaired) electrons. The Balaban J connectivity index is 1.71. The van der Waals surface area contributed by atoms with Gasteiger partial charge in [-0.1, -0.05) is 61.5 Å². The Bertz CT molecular complexity index is 1780. The minimum absolute atomic E-state index is 0.267. The Labute approximate surface area is 256 Å². The molecule has 0 aliphatic carbocycles. The van der Waals surface area contributed by atoms with E-state index in [9.17, 15) is 22.8 Å². The van der Waals surface area contributed by atoms with E-state index in [1.165, 1.54) is 6.08 Å². The smallest absolute Gasteiger partial charge is 0.338 e. The van der Waals surface area contributed by atoms with E-state index < -0.39 is 34.2 Å². The van der Waals surface area contributed by atoms with Crippen LogP contribution in [0.4, 0.5) is 0 Å². The van der Waals surface area contributed by atoms with Crippen molar-refractivity contribution in [2.45, 2.75) is 39.7 Å². The summed E-state index contributed by atoms with van der Waals surface area (Å²) in [6.07, 6.45) is 5.62. The van der Waals surface area contributed by atoms with Crippen LogP contribution in [-0.2, 0) is 43.7 Å². The molecule has 0 saturated heterocycles. The quantitative estimate of drug-likeness (QED) is 0.169. The van der Waals surface area contributed by atoms with Gasteiger partial charge in [0.2, 0.25) is 11.8 Å². The fraction of sp³-hybridized carbons (Fsp3) is 0.212. The number of hydrogen-bond acceptors (Lipinski definition) is 7. The number of nitrogens with zero attached hydrogens (tertiary/aromatic N) is 2. The van der Waals surface area contributed by atoms with Gasteiger partial charge in [-0.25, -0.2) is 17.9 Å². The van der Waals surface area contributed by atoms with Crippen LogP contribution in [0.3, 0.4) is 0 Å². The van der Waals surface area contributed by atoms with Crippen molar-refractivity contribution in [3.8, 4) is 11.1 Å². The second-order valence-corrected chi connectivity index (χ2v) is 11.6. The molecule has 10 nitrogen and oxygen atoms in total. The molecule has 228 valence electrons. The zero-order valence-electron chi connectivity index (χ0n) is 24.5. The van der Waals surface area contributed by atoms with Crippen molar-refractivity contribution in [3.63, 3.8) is 0 Å². The van der Waals surface area contributed by atoms with Gasteiger partial charge < -0.3 is 10.5 Å². The van der Waals surface area contributed by atoms with Gasteiger partial charge in [-0.3, -0.25) is 14.3 Å². The Hall–Kier alpha value is -5.03. The number of rotatable bonds is 13. The predicted molar refractivity (Wildman–Crippen MR) is 168 cm³/mol. The van der Waals surface area contributed by atoms with Gasteiger partial charge in [0.25, 0.3) is 10.0 Å². The maximum absolute atomic E-state index is 12.5. The third-order valence-electron chi connectivity index (χ3n) is 6.76. The summed E-state index contributed by atoms with van der Waals surface area (Å²) in [4.78, 5) is 35.1. The van der Waals surface area contributed by atoms with E-state index in [2.05, 4.69) is 5.10 Å². The molecule has 0 saturated carbocycles. The summed E-state index contributed by atoms with van der Waals surface area (Å²) in [5.74, 6) is -2.36. The monoisotopic (exact) mass is 614 g/mol. The molecule has 3 N–H and O–H groups in total. The average molecular weight is 615 g/mol. The van der Waals surface area contributed by atoms with Gasteiger partial charge in [-0.2, -0.15) is 5.10 Å². The highest BCUT2D eigenvalue weighted by molar-refractivity contribution is 7.93. The van der Waals surface area contributed by atoms with Gasteiger partial charge in [0, 0.05) is 12.6 Å². The van der Waals surface area contributed by atoms with Crippen molar-refractivity contribution >= 4 is 33.9 Å². The number of aromatic nitrogens is 2. The van der Waals surface area contributed by atoms with Gasteiger partial charge in [-0.05, 0) is 70.5 Å². The first-order chi connectivity index (χ1) is 21.1. The minimum Gasteiger partial charge on any atom is -0.462 e. The third-order valence-corrected chi connectivity index (χ3v) is 7.77. The Morgan fingerprint density at radius 2 is 1.70 bits per heavy atom. The van der Waals surface area contributed by atoms with E-state index in [0.29, 0.717) is 30.5 Å². The molecule has 0 atom stereocenters. The van der Waals surface area contributed by atoms with E-state index in [1.807, 2.05) is 83.3 Å². The zero-order valence-corrected chi connectivity index (χ0v) is 25.3. The molecule has 1 aromatic heterocycles.